The molecule has 0 aromatic carbocycles. The van der Waals surface area contributed by atoms with Gasteiger partial charge in [0.15, 0.2) is 0 Å². The highest BCUT2D eigenvalue weighted by atomic mass is 16.4. The van der Waals surface area contributed by atoms with E-state index in [0.29, 0.717) is 24.3 Å². The second kappa shape index (κ2) is 7.54. The van der Waals surface area contributed by atoms with Crippen molar-refractivity contribution in [1.29, 1.82) is 0 Å². The van der Waals surface area contributed by atoms with Crippen LogP contribution in [0.5, 0.6) is 0 Å². The molecular formula is C13H27N3O. The lowest BCUT2D eigenvalue weighted by Gasteiger charge is -2.23. The second-order valence-electron chi connectivity index (χ2n) is 5.38. The Morgan fingerprint density at radius 3 is 2.82 bits per heavy atom. The maximum absolute atomic E-state index is 8.60. The van der Waals surface area contributed by atoms with Gasteiger partial charge in [-0.1, -0.05) is 31.8 Å². The standard InChI is InChI=1S/C13H27N3O/c1-3-11(9-13(14)16-17)15-12-6-4-5-10(2)7-8-12/h10-12,15,17H,3-9H2,1-2H3,(H2,14,16). The van der Waals surface area contributed by atoms with Gasteiger partial charge in [-0.05, 0) is 31.6 Å². The van der Waals surface area contributed by atoms with Crippen LogP contribution in [0.1, 0.15) is 58.8 Å². The van der Waals surface area contributed by atoms with Crippen molar-refractivity contribution >= 4 is 5.84 Å². The molecule has 0 amide bonds. The summed E-state index contributed by atoms with van der Waals surface area (Å²) >= 11 is 0. The van der Waals surface area contributed by atoms with Crippen molar-refractivity contribution in [2.45, 2.75) is 70.9 Å². The summed E-state index contributed by atoms with van der Waals surface area (Å²) in [4.78, 5) is 0. The predicted octanol–water partition coefficient (Wildman–Crippen LogP) is 2.46. The molecule has 1 aliphatic carbocycles. The zero-order valence-corrected chi connectivity index (χ0v) is 11.2. The average molecular weight is 241 g/mol. The van der Waals surface area contributed by atoms with E-state index in [1.54, 1.807) is 0 Å². The Kier molecular flexibility index (Phi) is 6.34. The molecule has 4 heteroatoms. The molecule has 0 aromatic rings. The fraction of sp³-hybridized carbons (Fsp3) is 0.923. The molecule has 0 aliphatic heterocycles. The Hall–Kier alpha value is -0.770. The van der Waals surface area contributed by atoms with Crippen LogP contribution in [0.2, 0.25) is 0 Å². The van der Waals surface area contributed by atoms with E-state index in [2.05, 4.69) is 24.3 Å². The van der Waals surface area contributed by atoms with Crippen LogP contribution in [-0.4, -0.2) is 23.1 Å². The quantitative estimate of drug-likeness (QED) is 0.228. The lowest BCUT2D eigenvalue weighted by molar-refractivity contribution is 0.313. The number of nitrogens with one attached hydrogen (secondary N) is 1. The third kappa shape index (κ3) is 5.39. The molecule has 4 nitrogen and oxygen atoms in total. The van der Waals surface area contributed by atoms with E-state index in [1.165, 1.54) is 32.1 Å². The van der Waals surface area contributed by atoms with Crippen molar-refractivity contribution in [2.24, 2.45) is 16.8 Å². The van der Waals surface area contributed by atoms with Crippen molar-refractivity contribution in [3.63, 3.8) is 0 Å². The highest BCUT2D eigenvalue weighted by Crippen LogP contribution is 2.23. The minimum absolute atomic E-state index is 0.325. The lowest BCUT2D eigenvalue weighted by atomic mass is 10.0. The molecule has 0 aromatic heterocycles. The van der Waals surface area contributed by atoms with E-state index in [9.17, 15) is 0 Å². The fourth-order valence-corrected chi connectivity index (χ4v) is 2.60. The molecule has 100 valence electrons. The molecule has 0 heterocycles. The maximum Gasteiger partial charge on any atom is 0.140 e. The van der Waals surface area contributed by atoms with E-state index in [0.717, 1.165) is 12.3 Å². The summed E-state index contributed by atoms with van der Waals surface area (Å²) in [5, 5.41) is 15.3. The van der Waals surface area contributed by atoms with E-state index in [1.807, 2.05) is 0 Å². The monoisotopic (exact) mass is 241 g/mol. The molecule has 0 radical (unpaired) electrons. The Bertz CT molecular complexity index is 243. The number of hydrogen-bond donors (Lipinski definition) is 3. The molecule has 1 saturated carbocycles. The molecule has 1 fully saturated rings. The summed E-state index contributed by atoms with van der Waals surface area (Å²) in [7, 11) is 0. The van der Waals surface area contributed by atoms with Crippen LogP contribution in [0.15, 0.2) is 5.16 Å². The second-order valence-corrected chi connectivity index (χ2v) is 5.38. The normalized spacial score (nSPS) is 28.7. The van der Waals surface area contributed by atoms with Crippen molar-refractivity contribution in [3.8, 4) is 0 Å². The van der Waals surface area contributed by atoms with Gasteiger partial charge in [-0.3, -0.25) is 0 Å². The first-order valence-corrected chi connectivity index (χ1v) is 6.88. The first-order valence-electron chi connectivity index (χ1n) is 6.88. The molecule has 1 rings (SSSR count). The Morgan fingerprint density at radius 1 is 1.41 bits per heavy atom. The van der Waals surface area contributed by atoms with Gasteiger partial charge in [0.1, 0.15) is 5.84 Å². The largest absolute Gasteiger partial charge is 0.409 e. The van der Waals surface area contributed by atoms with E-state index >= 15 is 0 Å². The van der Waals surface area contributed by atoms with Crippen LogP contribution in [0, 0.1) is 5.92 Å². The van der Waals surface area contributed by atoms with Gasteiger partial charge in [0, 0.05) is 18.5 Å². The van der Waals surface area contributed by atoms with Crippen molar-refractivity contribution in [3.05, 3.63) is 0 Å². The summed E-state index contributed by atoms with van der Waals surface area (Å²) < 4.78 is 0. The van der Waals surface area contributed by atoms with Crippen LogP contribution in [0.4, 0.5) is 0 Å². The topological polar surface area (TPSA) is 70.6 Å². The fourth-order valence-electron chi connectivity index (χ4n) is 2.60. The molecule has 4 N–H and O–H groups in total. The zero-order chi connectivity index (χ0) is 12.7. The molecule has 17 heavy (non-hydrogen) atoms. The molecule has 1 aliphatic rings. The van der Waals surface area contributed by atoms with Gasteiger partial charge in [0.2, 0.25) is 0 Å². The summed E-state index contributed by atoms with van der Waals surface area (Å²) in [6.45, 7) is 4.48. The Labute approximate surface area is 105 Å². The van der Waals surface area contributed by atoms with E-state index in [-0.39, 0.29) is 0 Å². The summed E-state index contributed by atoms with van der Waals surface area (Å²) in [6, 6.07) is 0.945. The van der Waals surface area contributed by atoms with Crippen molar-refractivity contribution < 1.29 is 5.21 Å². The van der Waals surface area contributed by atoms with Gasteiger partial charge in [-0.15, -0.1) is 0 Å². The Morgan fingerprint density at radius 2 is 2.18 bits per heavy atom. The molecule has 3 unspecified atom stereocenters. The van der Waals surface area contributed by atoms with Gasteiger partial charge in [0.25, 0.3) is 0 Å². The van der Waals surface area contributed by atoms with Gasteiger partial charge in [-0.2, -0.15) is 0 Å². The smallest absolute Gasteiger partial charge is 0.140 e. The summed E-state index contributed by atoms with van der Waals surface area (Å²) in [5.41, 5.74) is 5.57. The van der Waals surface area contributed by atoms with Crippen molar-refractivity contribution in [1.82, 2.24) is 5.32 Å². The summed E-state index contributed by atoms with van der Waals surface area (Å²) in [5.74, 6) is 1.19. The van der Waals surface area contributed by atoms with E-state index < -0.39 is 0 Å². The van der Waals surface area contributed by atoms with Crippen LogP contribution < -0.4 is 11.1 Å². The first-order chi connectivity index (χ1) is 8.15. The Balaban J connectivity index is 2.39. The highest BCUT2D eigenvalue weighted by molar-refractivity contribution is 5.80. The van der Waals surface area contributed by atoms with Crippen LogP contribution in [-0.2, 0) is 0 Å². The highest BCUT2D eigenvalue weighted by Gasteiger charge is 2.19. The lowest BCUT2D eigenvalue weighted by Crippen LogP contribution is -2.40. The number of nitrogens with two attached hydrogens (primary N) is 1. The minimum Gasteiger partial charge on any atom is -0.409 e. The third-order valence-corrected chi connectivity index (χ3v) is 3.81. The molecule has 0 saturated heterocycles. The van der Waals surface area contributed by atoms with E-state index in [4.69, 9.17) is 10.9 Å². The van der Waals surface area contributed by atoms with Crippen LogP contribution >= 0.6 is 0 Å². The number of hydrogen-bond acceptors (Lipinski definition) is 3. The number of rotatable bonds is 5. The number of oxime groups is 1. The molecule has 3 atom stereocenters. The van der Waals surface area contributed by atoms with Gasteiger partial charge in [-0.25, -0.2) is 0 Å². The zero-order valence-electron chi connectivity index (χ0n) is 11.2. The number of amidine groups is 1. The maximum atomic E-state index is 8.60. The van der Waals surface area contributed by atoms with Crippen LogP contribution in [0.25, 0.3) is 0 Å². The van der Waals surface area contributed by atoms with Gasteiger partial charge < -0.3 is 16.3 Å². The first kappa shape index (κ1) is 14.3. The summed E-state index contributed by atoms with van der Waals surface area (Å²) in [6.07, 6.45) is 8.16. The van der Waals surface area contributed by atoms with Crippen molar-refractivity contribution in [2.75, 3.05) is 0 Å². The van der Waals surface area contributed by atoms with Gasteiger partial charge in [0.05, 0.1) is 0 Å². The predicted molar refractivity (Wildman–Crippen MR) is 71.3 cm³/mol. The van der Waals surface area contributed by atoms with Gasteiger partial charge >= 0.3 is 0 Å². The average Bonchev–Trinajstić information content (AvgIpc) is 2.53. The molecule has 0 spiro atoms. The molecule has 0 bridgehead atoms. The number of nitrogens with zero attached hydrogens (tertiary/aromatic N) is 1. The molecular weight excluding hydrogens is 214 g/mol. The van der Waals surface area contributed by atoms with Crippen LogP contribution in [0.3, 0.4) is 0 Å². The minimum atomic E-state index is 0.325. The SMILES string of the molecule is CCC(CC(N)=NO)NC1CCCC(C)CC1. The third-order valence-electron chi connectivity index (χ3n) is 3.81.